The Morgan fingerprint density at radius 2 is 2.35 bits per heavy atom. The highest BCUT2D eigenvalue weighted by atomic mass is 32.2. The quantitative estimate of drug-likeness (QED) is 0.774. The second-order valence-corrected chi connectivity index (χ2v) is 5.62. The van der Waals surface area contributed by atoms with Crippen molar-refractivity contribution in [2.45, 2.75) is 11.8 Å². The Hall–Kier alpha value is -1.11. The summed E-state index contributed by atoms with van der Waals surface area (Å²) in [5.74, 6) is 1.17. The van der Waals surface area contributed by atoms with Gasteiger partial charge in [0.1, 0.15) is 11.9 Å². The summed E-state index contributed by atoms with van der Waals surface area (Å²) in [7, 11) is 0. The monoisotopic (exact) mass is 298 g/mol. The predicted octanol–water partition coefficient (Wildman–Crippen LogP) is 1.16. The lowest BCUT2D eigenvalue weighted by molar-refractivity contribution is -0.125. The lowest BCUT2D eigenvalue weighted by Crippen LogP contribution is -2.51. The average Bonchev–Trinajstić information content (AvgIpc) is 2.49. The molecule has 1 aliphatic rings. The van der Waals surface area contributed by atoms with Gasteiger partial charge in [0.15, 0.2) is 0 Å². The number of ether oxygens (including phenoxy) is 1. The van der Waals surface area contributed by atoms with Gasteiger partial charge in [0.05, 0.1) is 13.2 Å². The zero-order valence-electron chi connectivity index (χ0n) is 11.2. The number of amides is 1. The molecular formula is C14H19FN2O2S. The Kier molecular flexibility index (Phi) is 6.29. The summed E-state index contributed by atoms with van der Waals surface area (Å²) in [6.07, 6.45) is 0. The normalized spacial score (nSPS) is 18.8. The third kappa shape index (κ3) is 4.77. The van der Waals surface area contributed by atoms with Crippen LogP contribution in [0.4, 0.5) is 4.39 Å². The maximum Gasteiger partial charge on any atom is 0.239 e. The first kappa shape index (κ1) is 15.3. The molecule has 4 nitrogen and oxygen atoms in total. The molecule has 1 amide bonds. The lowest BCUT2D eigenvalue weighted by atomic mass is 10.2. The molecule has 0 bridgehead atoms. The fourth-order valence-corrected chi connectivity index (χ4v) is 2.75. The zero-order valence-corrected chi connectivity index (χ0v) is 12.0. The van der Waals surface area contributed by atoms with Gasteiger partial charge in [-0.05, 0) is 11.6 Å². The van der Waals surface area contributed by atoms with E-state index in [9.17, 15) is 9.18 Å². The number of nitrogens with one attached hydrogen (secondary N) is 2. The van der Waals surface area contributed by atoms with Crippen LogP contribution in [0.1, 0.15) is 5.56 Å². The van der Waals surface area contributed by atoms with Crippen molar-refractivity contribution < 1.29 is 13.9 Å². The van der Waals surface area contributed by atoms with Crippen LogP contribution in [0.15, 0.2) is 24.3 Å². The van der Waals surface area contributed by atoms with Crippen molar-refractivity contribution in [1.82, 2.24) is 10.6 Å². The smallest absolute Gasteiger partial charge is 0.239 e. The van der Waals surface area contributed by atoms with E-state index in [1.807, 2.05) is 6.07 Å². The molecule has 2 N–H and O–H groups in total. The minimum Gasteiger partial charge on any atom is -0.378 e. The highest BCUT2D eigenvalue weighted by Crippen LogP contribution is 2.14. The number of morpholine rings is 1. The van der Waals surface area contributed by atoms with Crippen LogP contribution in [0.2, 0.25) is 0 Å². The molecule has 0 radical (unpaired) electrons. The van der Waals surface area contributed by atoms with Gasteiger partial charge in [0, 0.05) is 24.6 Å². The highest BCUT2D eigenvalue weighted by molar-refractivity contribution is 7.98. The number of carbonyl (C=O) groups excluding carboxylic acids is 1. The molecule has 1 heterocycles. The standard InChI is InChI=1S/C14H19FN2O2S/c15-12-4-2-1-3-11(12)10-20-8-6-17-14(18)13-9-19-7-5-16-13/h1-4,13,16H,5-10H2,(H,17,18). The number of hydrogen-bond donors (Lipinski definition) is 2. The molecule has 1 aromatic rings. The summed E-state index contributed by atoms with van der Waals surface area (Å²) in [5.41, 5.74) is 0.700. The van der Waals surface area contributed by atoms with E-state index in [0.29, 0.717) is 37.6 Å². The summed E-state index contributed by atoms with van der Waals surface area (Å²) >= 11 is 1.60. The number of carbonyl (C=O) groups is 1. The zero-order chi connectivity index (χ0) is 14.2. The van der Waals surface area contributed by atoms with Crippen molar-refractivity contribution in [2.75, 3.05) is 32.1 Å². The van der Waals surface area contributed by atoms with Crippen LogP contribution in [0.3, 0.4) is 0 Å². The van der Waals surface area contributed by atoms with Gasteiger partial charge in [-0.25, -0.2) is 4.39 Å². The third-order valence-electron chi connectivity index (χ3n) is 3.00. The number of hydrogen-bond acceptors (Lipinski definition) is 4. The molecule has 1 fully saturated rings. The first-order valence-electron chi connectivity index (χ1n) is 6.67. The van der Waals surface area contributed by atoms with E-state index in [2.05, 4.69) is 10.6 Å². The molecule has 1 aliphatic heterocycles. The second kappa shape index (κ2) is 8.24. The van der Waals surface area contributed by atoms with Crippen molar-refractivity contribution in [3.63, 3.8) is 0 Å². The van der Waals surface area contributed by atoms with Gasteiger partial charge in [0.25, 0.3) is 0 Å². The number of rotatable bonds is 6. The third-order valence-corrected chi connectivity index (χ3v) is 4.01. The van der Waals surface area contributed by atoms with Gasteiger partial charge in [-0.2, -0.15) is 11.8 Å². The number of benzene rings is 1. The Labute approximate surface area is 122 Å². The molecule has 0 aliphatic carbocycles. The maximum atomic E-state index is 13.4. The minimum atomic E-state index is -0.250. The molecule has 0 spiro atoms. The van der Waals surface area contributed by atoms with Crippen LogP contribution < -0.4 is 10.6 Å². The SMILES string of the molecule is O=C(NCCSCc1ccccc1F)C1COCCN1. The molecule has 2 rings (SSSR count). The summed E-state index contributed by atoms with van der Waals surface area (Å²) in [4.78, 5) is 11.8. The first-order chi connectivity index (χ1) is 9.77. The van der Waals surface area contributed by atoms with Gasteiger partial charge < -0.3 is 15.4 Å². The largest absolute Gasteiger partial charge is 0.378 e. The van der Waals surface area contributed by atoms with E-state index in [1.165, 1.54) is 6.07 Å². The lowest BCUT2D eigenvalue weighted by Gasteiger charge is -2.22. The molecule has 1 unspecified atom stereocenters. The van der Waals surface area contributed by atoms with Crippen LogP contribution >= 0.6 is 11.8 Å². The summed E-state index contributed by atoms with van der Waals surface area (Å²) in [6.45, 7) is 2.37. The molecule has 1 aromatic carbocycles. The van der Waals surface area contributed by atoms with Gasteiger partial charge in [-0.15, -0.1) is 0 Å². The van der Waals surface area contributed by atoms with E-state index in [0.717, 1.165) is 5.75 Å². The van der Waals surface area contributed by atoms with E-state index in [1.54, 1.807) is 23.9 Å². The molecular weight excluding hydrogens is 279 g/mol. The molecule has 1 saturated heterocycles. The first-order valence-corrected chi connectivity index (χ1v) is 7.83. The summed E-state index contributed by atoms with van der Waals surface area (Å²) in [6, 6.07) is 6.51. The Balaban J connectivity index is 1.59. The van der Waals surface area contributed by atoms with Crippen LogP contribution in [-0.2, 0) is 15.3 Å². The molecule has 1 atom stereocenters. The van der Waals surface area contributed by atoms with Gasteiger partial charge in [0.2, 0.25) is 5.91 Å². The summed E-state index contributed by atoms with van der Waals surface area (Å²) < 4.78 is 18.6. The van der Waals surface area contributed by atoms with Crippen molar-refractivity contribution >= 4 is 17.7 Å². The molecule has 6 heteroatoms. The number of halogens is 1. The van der Waals surface area contributed by atoms with Gasteiger partial charge in [-0.3, -0.25) is 4.79 Å². The molecule has 0 saturated carbocycles. The fourth-order valence-electron chi connectivity index (χ4n) is 1.90. The Morgan fingerprint density at radius 3 is 3.10 bits per heavy atom. The van der Waals surface area contributed by atoms with Crippen molar-refractivity contribution in [3.8, 4) is 0 Å². The van der Waals surface area contributed by atoms with E-state index in [4.69, 9.17) is 4.74 Å². The maximum absolute atomic E-state index is 13.4. The van der Waals surface area contributed by atoms with Crippen molar-refractivity contribution in [1.29, 1.82) is 0 Å². The van der Waals surface area contributed by atoms with Crippen molar-refractivity contribution in [2.24, 2.45) is 0 Å². The summed E-state index contributed by atoms with van der Waals surface area (Å²) in [5, 5.41) is 5.96. The second-order valence-electron chi connectivity index (χ2n) is 4.52. The van der Waals surface area contributed by atoms with Gasteiger partial charge in [-0.1, -0.05) is 18.2 Å². The molecule has 0 aromatic heterocycles. The van der Waals surface area contributed by atoms with Crippen LogP contribution in [0, 0.1) is 5.82 Å². The van der Waals surface area contributed by atoms with Crippen LogP contribution in [0.5, 0.6) is 0 Å². The highest BCUT2D eigenvalue weighted by Gasteiger charge is 2.20. The van der Waals surface area contributed by atoms with Crippen molar-refractivity contribution in [3.05, 3.63) is 35.6 Å². The fraction of sp³-hybridized carbons (Fsp3) is 0.500. The minimum absolute atomic E-state index is 0.0313. The van der Waals surface area contributed by atoms with E-state index in [-0.39, 0.29) is 17.8 Å². The Morgan fingerprint density at radius 1 is 1.50 bits per heavy atom. The topological polar surface area (TPSA) is 50.4 Å². The Bertz CT molecular complexity index is 439. The molecule has 20 heavy (non-hydrogen) atoms. The van der Waals surface area contributed by atoms with Crippen LogP contribution in [-0.4, -0.2) is 44.0 Å². The van der Waals surface area contributed by atoms with E-state index < -0.39 is 0 Å². The van der Waals surface area contributed by atoms with Crippen LogP contribution in [0.25, 0.3) is 0 Å². The predicted molar refractivity (Wildman–Crippen MR) is 78.2 cm³/mol. The van der Waals surface area contributed by atoms with Gasteiger partial charge >= 0.3 is 0 Å². The molecule has 110 valence electrons. The van der Waals surface area contributed by atoms with E-state index >= 15 is 0 Å². The average molecular weight is 298 g/mol. The number of thioether (sulfide) groups is 1.